The van der Waals surface area contributed by atoms with Gasteiger partial charge in [0.05, 0.1) is 0 Å². The summed E-state index contributed by atoms with van der Waals surface area (Å²) in [5.41, 5.74) is 1.67. The van der Waals surface area contributed by atoms with Crippen LogP contribution < -0.4 is 10.6 Å². The molecular formula is C13H16N2O2. The molecule has 0 aliphatic rings. The Morgan fingerprint density at radius 1 is 1.29 bits per heavy atom. The van der Waals surface area contributed by atoms with E-state index in [9.17, 15) is 9.59 Å². The van der Waals surface area contributed by atoms with Crippen LogP contribution in [-0.2, 0) is 16.0 Å². The van der Waals surface area contributed by atoms with E-state index < -0.39 is 11.8 Å². The first-order valence-corrected chi connectivity index (χ1v) is 5.47. The number of aryl methyl sites for hydroxylation is 1. The van der Waals surface area contributed by atoms with Gasteiger partial charge >= 0.3 is 11.8 Å². The number of nitrogens with one attached hydrogen (secondary N) is 2. The van der Waals surface area contributed by atoms with Crippen LogP contribution >= 0.6 is 0 Å². The molecule has 17 heavy (non-hydrogen) atoms. The Balaban J connectivity index is 2.67. The van der Waals surface area contributed by atoms with Crippen molar-refractivity contribution in [1.82, 2.24) is 5.32 Å². The number of hydrogen-bond acceptors (Lipinski definition) is 2. The highest BCUT2D eigenvalue weighted by Gasteiger charge is 2.13. The molecule has 90 valence electrons. The van der Waals surface area contributed by atoms with Gasteiger partial charge < -0.3 is 10.6 Å². The second-order valence-electron chi connectivity index (χ2n) is 3.46. The highest BCUT2D eigenvalue weighted by molar-refractivity contribution is 6.39. The molecule has 0 fully saturated rings. The molecule has 0 unspecified atom stereocenters. The van der Waals surface area contributed by atoms with E-state index in [1.54, 1.807) is 6.07 Å². The van der Waals surface area contributed by atoms with Gasteiger partial charge in [0.25, 0.3) is 0 Å². The van der Waals surface area contributed by atoms with Crippen molar-refractivity contribution in [3.05, 3.63) is 42.5 Å². The zero-order chi connectivity index (χ0) is 12.7. The predicted octanol–water partition coefficient (Wildman–Crippen LogP) is 1.49. The number of anilines is 1. The Bertz CT molecular complexity index is 427. The quantitative estimate of drug-likeness (QED) is 0.610. The summed E-state index contributed by atoms with van der Waals surface area (Å²) in [7, 11) is 0. The lowest BCUT2D eigenvalue weighted by molar-refractivity contribution is -0.136. The summed E-state index contributed by atoms with van der Waals surface area (Å²) in [6.45, 7) is 5.73. The van der Waals surface area contributed by atoms with Crippen LogP contribution in [0, 0.1) is 0 Å². The molecule has 2 amide bonds. The van der Waals surface area contributed by atoms with Gasteiger partial charge in [-0.3, -0.25) is 9.59 Å². The van der Waals surface area contributed by atoms with Crippen molar-refractivity contribution in [2.75, 3.05) is 11.9 Å². The van der Waals surface area contributed by atoms with Gasteiger partial charge in [-0.1, -0.05) is 31.2 Å². The number of benzene rings is 1. The summed E-state index contributed by atoms with van der Waals surface area (Å²) >= 11 is 0. The standard InChI is InChI=1S/C13H16N2O2/c1-3-9-14-12(16)13(17)15-11-8-6-5-7-10(11)4-2/h3,5-8H,1,4,9H2,2H3,(H,14,16)(H,15,17). The fraction of sp³-hybridized carbons (Fsp3) is 0.231. The average molecular weight is 232 g/mol. The van der Waals surface area contributed by atoms with Crippen molar-refractivity contribution in [2.24, 2.45) is 0 Å². The van der Waals surface area contributed by atoms with Crippen LogP contribution in [0.4, 0.5) is 5.69 Å². The van der Waals surface area contributed by atoms with E-state index in [1.165, 1.54) is 6.08 Å². The first kappa shape index (κ1) is 13.0. The molecule has 0 aliphatic carbocycles. The van der Waals surface area contributed by atoms with E-state index in [-0.39, 0.29) is 6.54 Å². The van der Waals surface area contributed by atoms with E-state index in [0.29, 0.717) is 5.69 Å². The third-order valence-electron chi connectivity index (χ3n) is 2.26. The zero-order valence-corrected chi connectivity index (χ0v) is 9.82. The van der Waals surface area contributed by atoms with Gasteiger partial charge in [-0.15, -0.1) is 6.58 Å². The minimum Gasteiger partial charge on any atom is -0.344 e. The Morgan fingerprint density at radius 3 is 2.65 bits per heavy atom. The number of carbonyl (C=O) groups is 2. The van der Waals surface area contributed by atoms with Gasteiger partial charge in [-0.05, 0) is 18.1 Å². The summed E-state index contributed by atoms with van der Waals surface area (Å²) < 4.78 is 0. The number of hydrogen-bond donors (Lipinski definition) is 2. The van der Waals surface area contributed by atoms with Crippen molar-refractivity contribution in [3.8, 4) is 0 Å². The molecule has 4 heteroatoms. The first-order chi connectivity index (χ1) is 8.19. The largest absolute Gasteiger partial charge is 0.344 e. The van der Waals surface area contributed by atoms with E-state index in [1.807, 2.05) is 25.1 Å². The predicted molar refractivity (Wildman–Crippen MR) is 67.7 cm³/mol. The summed E-state index contributed by atoms with van der Waals surface area (Å²) in [4.78, 5) is 22.9. The molecule has 0 atom stereocenters. The molecule has 0 heterocycles. The second kappa shape index (κ2) is 6.48. The second-order valence-corrected chi connectivity index (χ2v) is 3.46. The number of carbonyl (C=O) groups excluding carboxylic acids is 2. The Kier molecular flexibility index (Phi) is 4.94. The first-order valence-electron chi connectivity index (χ1n) is 5.47. The third kappa shape index (κ3) is 3.75. The van der Waals surface area contributed by atoms with E-state index in [0.717, 1.165) is 12.0 Å². The van der Waals surface area contributed by atoms with E-state index in [2.05, 4.69) is 17.2 Å². The van der Waals surface area contributed by atoms with Crippen LogP contribution in [0.3, 0.4) is 0 Å². The normalized spacial score (nSPS) is 9.47. The highest BCUT2D eigenvalue weighted by Crippen LogP contribution is 2.14. The average Bonchev–Trinajstić information content (AvgIpc) is 2.36. The molecule has 2 N–H and O–H groups in total. The molecule has 0 aliphatic heterocycles. The molecule has 0 spiro atoms. The highest BCUT2D eigenvalue weighted by atomic mass is 16.2. The van der Waals surface area contributed by atoms with Crippen molar-refractivity contribution in [1.29, 1.82) is 0 Å². The van der Waals surface area contributed by atoms with Gasteiger partial charge in [-0.25, -0.2) is 0 Å². The van der Waals surface area contributed by atoms with Crippen molar-refractivity contribution < 1.29 is 9.59 Å². The van der Waals surface area contributed by atoms with E-state index in [4.69, 9.17) is 0 Å². The lowest BCUT2D eigenvalue weighted by atomic mass is 10.1. The Labute approximate surface area is 101 Å². The van der Waals surface area contributed by atoms with Crippen molar-refractivity contribution in [3.63, 3.8) is 0 Å². The van der Waals surface area contributed by atoms with Gasteiger partial charge in [-0.2, -0.15) is 0 Å². The molecule has 0 aromatic heterocycles. The molecule has 0 saturated heterocycles. The van der Waals surface area contributed by atoms with Crippen LogP contribution in [0.1, 0.15) is 12.5 Å². The van der Waals surface area contributed by atoms with Gasteiger partial charge in [0, 0.05) is 12.2 Å². The maximum Gasteiger partial charge on any atom is 0.313 e. The van der Waals surface area contributed by atoms with Crippen LogP contribution in [0.25, 0.3) is 0 Å². The molecule has 0 saturated carbocycles. The number of para-hydroxylation sites is 1. The topological polar surface area (TPSA) is 58.2 Å². The number of rotatable bonds is 4. The van der Waals surface area contributed by atoms with Crippen LogP contribution in [-0.4, -0.2) is 18.4 Å². The van der Waals surface area contributed by atoms with E-state index >= 15 is 0 Å². The molecule has 4 nitrogen and oxygen atoms in total. The van der Waals surface area contributed by atoms with Crippen molar-refractivity contribution >= 4 is 17.5 Å². The SMILES string of the molecule is C=CCNC(=O)C(=O)Nc1ccccc1CC. The third-order valence-corrected chi connectivity index (χ3v) is 2.26. The molecule has 1 aromatic carbocycles. The Morgan fingerprint density at radius 2 is 2.00 bits per heavy atom. The lowest BCUT2D eigenvalue weighted by Gasteiger charge is -2.09. The molecular weight excluding hydrogens is 216 g/mol. The zero-order valence-electron chi connectivity index (χ0n) is 9.82. The minimum atomic E-state index is -0.659. The maximum absolute atomic E-state index is 11.5. The summed E-state index contributed by atoms with van der Waals surface area (Å²) in [5.74, 6) is -1.32. The monoisotopic (exact) mass is 232 g/mol. The van der Waals surface area contributed by atoms with Crippen LogP contribution in [0.15, 0.2) is 36.9 Å². The van der Waals surface area contributed by atoms with Gasteiger partial charge in [0.2, 0.25) is 0 Å². The van der Waals surface area contributed by atoms with Gasteiger partial charge in [0.15, 0.2) is 0 Å². The molecule has 1 rings (SSSR count). The Hall–Kier alpha value is -2.10. The summed E-state index contributed by atoms with van der Waals surface area (Å²) in [6.07, 6.45) is 2.32. The minimum absolute atomic E-state index is 0.279. The molecule has 0 bridgehead atoms. The van der Waals surface area contributed by atoms with Crippen molar-refractivity contribution in [2.45, 2.75) is 13.3 Å². The fourth-order valence-electron chi connectivity index (χ4n) is 1.37. The molecule has 0 radical (unpaired) electrons. The summed E-state index contributed by atoms with van der Waals surface area (Å²) in [6, 6.07) is 7.40. The fourth-order valence-corrected chi connectivity index (χ4v) is 1.37. The molecule has 1 aromatic rings. The van der Waals surface area contributed by atoms with Crippen LogP contribution in [0.5, 0.6) is 0 Å². The smallest absolute Gasteiger partial charge is 0.313 e. The number of amides is 2. The van der Waals surface area contributed by atoms with Gasteiger partial charge in [0.1, 0.15) is 0 Å². The maximum atomic E-state index is 11.5. The van der Waals surface area contributed by atoms with Crippen LogP contribution in [0.2, 0.25) is 0 Å². The summed E-state index contributed by atoms with van der Waals surface area (Å²) in [5, 5.41) is 5.01. The lowest BCUT2D eigenvalue weighted by Crippen LogP contribution is -2.35.